The minimum atomic E-state index is -0.463. The Morgan fingerprint density at radius 3 is 2.59 bits per heavy atom. The first-order valence-electron chi connectivity index (χ1n) is 5.98. The summed E-state index contributed by atoms with van der Waals surface area (Å²) in [6.07, 6.45) is -0.463. The molecule has 0 aliphatic heterocycles. The van der Waals surface area contributed by atoms with Gasteiger partial charge in [-0.1, -0.05) is 6.07 Å². The third-order valence-corrected chi connectivity index (χ3v) is 2.79. The highest BCUT2D eigenvalue weighted by molar-refractivity contribution is 5.80. The second-order valence-corrected chi connectivity index (χ2v) is 4.36. The largest absolute Gasteiger partial charge is 0.481 e. The van der Waals surface area contributed by atoms with Gasteiger partial charge in [0.2, 0.25) is 0 Å². The molecule has 0 radical (unpaired) electrons. The first-order chi connectivity index (χ1) is 7.95. The molecule has 3 heteroatoms. The monoisotopic (exact) mass is 235 g/mol. The smallest absolute Gasteiger partial charge is 0.260 e. The Morgan fingerprint density at radius 2 is 2.00 bits per heavy atom. The second-order valence-electron chi connectivity index (χ2n) is 4.36. The molecular weight excluding hydrogens is 214 g/mol. The minimum Gasteiger partial charge on any atom is -0.481 e. The van der Waals surface area contributed by atoms with E-state index in [1.807, 2.05) is 33.8 Å². The number of hydrogen-bond acceptors (Lipinski definition) is 2. The number of nitrogens with one attached hydrogen (secondary N) is 1. The van der Waals surface area contributed by atoms with Crippen molar-refractivity contribution in [1.82, 2.24) is 5.32 Å². The van der Waals surface area contributed by atoms with E-state index in [9.17, 15) is 4.79 Å². The zero-order valence-electron chi connectivity index (χ0n) is 11.3. The molecule has 0 spiro atoms. The molecule has 94 valence electrons. The van der Waals surface area contributed by atoms with Gasteiger partial charge in [0, 0.05) is 6.54 Å². The van der Waals surface area contributed by atoms with Crippen LogP contribution in [0.1, 0.15) is 30.5 Å². The number of aryl methyl sites for hydroxylation is 2. The molecule has 0 unspecified atom stereocenters. The molecule has 1 rings (SSSR count). The second kappa shape index (κ2) is 5.71. The van der Waals surface area contributed by atoms with E-state index >= 15 is 0 Å². The lowest BCUT2D eigenvalue weighted by molar-refractivity contribution is -0.127. The Labute approximate surface area is 103 Å². The number of hydrogen-bond donors (Lipinski definition) is 1. The predicted octanol–water partition coefficient (Wildman–Crippen LogP) is 2.52. The van der Waals surface area contributed by atoms with Crippen LogP contribution in [0, 0.1) is 20.8 Å². The molecule has 1 N–H and O–H groups in total. The summed E-state index contributed by atoms with van der Waals surface area (Å²) in [5.74, 6) is 0.715. The van der Waals surface area contributed by atoms with E-state index in [0.29, 0.717) is 6.54 Å². The zero-order valence-corrected chi connectivity index (χ0v) is 11.3. The molecule has 0 bridgehead atoms. The summed E-state index contributed by atoms with van der Waals surface area (Å²) in [5, 5.41) is 2.75. The summed E-state index contributed by atoms with van der Waals surface area (Å²) in [5.41, 5.74) is 3.42. The number of ether oxygens (including phenoxy) is 1. The van der Waals surface area contributed by atoms with Crippen molar-refractivity contribution in [3.05, 3.63) is 28.8 Å². The van der Waals surface area contributed by atoms with Gasteiger partial charge in [0.15, 0.2) is 6.10 Å². The number of benzene rings is 1. The van der Waals surface area contributed by atoms with Gasteiger partial charge < -0.3 is 10.1 Å². The Hall–Kier alpha value is -1.51. The maximum atomic E-state index is 11.6. The van der Waals surface area contributed by atoms with Crippen molar-refractivity contribution in [3.63, 3.8) is 0 Å². The number of carbonyl (C=O) groups excluding carboxylic acids is 1. The summed E-state index contributed by atoms with van der Waals surface area (Å²) in [4.78, 5) is 11.6. The lowest BCUT2D eigenvalue weighted by atomic mass is 10.1. The van der Waals surface area contributed by atoms with Gasteiger partial charge in [-0.25, -0.2) is 0 Å². The fraction of sp³-hybridized carbons (Fsp3) is 0.500. The first kappa shape index (κ1) is 13.6. The van der Waals surface area contributed by atoms with Crippen LogP contribution in [-0.2, 0) is 4.79 Å². The number of likely N-dealkylation sites (N-methyl/N-ethyl adjacent to an activating group) is 1. The highest BCUT2D eigenvalue weighted by Crippen LogP contribution is 2.24. The lowest BCUT2D eigenvalue weighted by Crippen LogP contribution is -2.36. The molecular formula is C14H21NO2. The topological polar surface area (TPSA) is 38.3 Å². The molecule has 17 heavy (non-hydrogen) atoms. The first-order valence-corrected chi connectivity index (χ1v) is 5.98. The third-order valence-electron chi connectivity index (χ3n) is 2.79. The van der Waals surface area contributed by atoms with Crippen LogP contribution in [0.3, 0.4) is 0 Å². The van der Waals surface area contributed by atoms with E-state index in [-0.39, 0.29) is 5.91 Å². The SMILES string of the molecule is CCNC(=O)[C@H](C)Oc1cc(C)cc(C)c1C. The molecule has 0 heterocycles. The Kier molecular flexibility index (Phi) is 4.55. The standard InChI is InChI=1S/C14H21NO2/c1-6-15-14(16)12(5)17-13-8-9(2)7-10(3)11(13)4/h7-8,12H,6H2,1-5H3,(H,15,16)/t12-/m0/s1. The Balaban J connectivity index is 2.84. The van der Waals surface area contributed by atoms with Gasteiger partial charge >= 0.3 is 0 Å². The normalized spacial score (nSPS) is 12.1. The summed E-state index contributed by atoms with van der Waals surface area (Å²) in [6.45, 7) is 10.4. The van der Waals surface area contributed by atoms with Crippen LogP contribution in [0.15, 0.2) is 12.1 Å². The van der Waals surface area contributed by atoms with Crippen LogP contribution in [0.4, 0.5) is 0 Å². The van der Waals surface area contributed by atoms with Crippen molar-refractivity contribution in [2.24, 2.45) is 0 Å². The molecule has 1 aromatic rings. The van der Waals surface area contributed by atoms with Gasteiger partial charge in [0.25, 0.3) is 5.91 Å². The number of carbonyl (C=O) groups is 1. The third kappa shape index (κ3) is 3.48. The maximum Gasteiger partial charge on any atom is 0.260 e. The van der Waals surface area contributed by atoms with Crippen LogP contribution in [0.25, 0.3) is 0 Å². The highest BCUT2D eigenvalue weighted by Gasteiger charge is 2.15. The summed E-state index contributed by atoms with van der Waals surface area (Å²) in [6, 6.07) is 4.08. The lowest BCUT2D eigenvalue weighted by Gasteiger charge is -2.17. The van der Waals surface area contributed by atoms with Crippen LogP contribution < -0.4 is 10.1 Å². The van der Waals surface area contributed by atoms with Gasteiger partial charge in [-0.15, -0.1) is 0 Å². The fourth-order valence-corrected chi connectivity index (χ4v) is 1.69. The van der Waals surface area contributed by atoms with Crippen LogP contribution in [-0.4, -0.2) is 18.6 Å². The quantitative estimate of drug-likeness (QED) is 0.870. The zero-order chi connectivity index (χ0) is 13.0. The van der Waals surface area contributed by atoms with E-state index in [0.717, 1.165) is 16.9 Å². The average Bonchev–Trinajstić information content (AvgIpc) is 2.25. The van der Waals surface area contributed by atoms with Crippen LogP contribution in [0.2, 0.25) is 0 Å². The molecule has 0 fully saturated rings. The van der Waals surface area contributed by atoms with Crippen molar-refractivity contribution < 1.29 is 9.53 Å². The fourth-order valence-electron chi connectivity index (χ4n) is 1.69. The highest BCUT2D eigenvalue weighted by atomic mass is 16.5. The van der Waals surface area contributed by atoms with Gasteiger partial charge in [-0.3, -0.25) is 4.79 Å². The molecule has 1 amide bonds. The van der Waals surface area contributed by atoms with Crippen LogP contribution >= 0.6 is 0 Å². The Morgan fingerprint density at radius 1 is 1.35 bits per heavy atom. The molecule has 0 aromatic heterocycles. The number of amides is 1. The van der Waals surface area contributed by atoms with Gasteiger partial charge in [-0.2, -0.15) is 0 Å². The molecule has 3 nitrogen and oxygen atoms in total. The molecule has 1 atom stereocenters. The van der Waals surface area contributed by atoms with Crippen molar-refractivity contribution in [2.45, 2.75) is 40.7 Å². The molecule has 0 aliphatic carbocycles. The summed E-state index contributed by atoms with van der Waals surface area (Å²) in [7, 11) is 0. The van der Waals surface area contributed by atoms with Gasteiger partial charge in [0.05, 0.1) is 0 Å². The van der Waals surface area contributed by atoms with E-state index in [1.165, 1.54) is 5.56 Å². The van der Waals surface area contributed by atoms with E-state index in [2.05, 4.69) is 11.4 Å². The van der Waals surface area contributed by atoms with Crippen molar-refractivity contribution >= 4 is 5.91 Å². The molecule has 0 aliphatic rings. The maximum absolute atomic E-state index is 11.6. The van der Waals surface area contributed by atoms with Crippen molar-refractivity contribution in [2.75, 3.05) is 6.54 Å². The average molecular weight is 235 g/mol. The Bertz CT molecular complexity index is 413. The van der Waals surface area contributed by atoms with Crippen LogP contribution in [0.5, 0.6) is 5.75 Å². The van der Waals surface area contributed by atoms with Gasteiger partial charge in [0.1, 0.15) is 5.75 Å². The van der Waals surface area contributed by atoms with Crippen molar-refractivity contribution in [3.8, 4) is 5.75 Å². The van der Waals surface area contributed by atoms with E-state index in [4.69, 9.17) is 4.74 Å². The van der Waals surface area contributed by atoms with E-state index in [1.54, 1.807) is 6.92 Å². The summed E-state index contributed by atoms with van der Waals surface area (Å²) < 4.78 is 5.71. The predicted molar refractivity (Wildman–Crippen MR) is 69.4 cm³/mol. The molecule has 0 saturated heterocycles. The summed E-state index contributed by atoms with van der Waals surface area (Å²) >= 11 is 0. The molecule has 0 saturated carbocycles. The molecule has 1 aromatic carbocycles. The van der Waals surface area contributed by atoms with E-state index < -0.39 is 6.10 Å². The van der Waals surface area contributed by atoms with Crippen molar-refractivity contribution in [1.29, 1.82) is 0 Å². The van der Waals surface area contributed by atoms with Gasteiger partial charge in [-0.05, 0) is 57.4 Å². The minimum absolute atomic E-state index is 0.0777. The number of rotatable bonds is 4.